The quantitative estimate of drug-likeness (QED) is 0.194. The molecule has 0 spiro atoms. The van der Waals surface area contributed by atoms with Crippen molar-refractivity contribution < 1.29 is 0 Å². The lowest BCUT2D eigenvalue weighted by Crippen LogP contribution is -2.17. The van der Waals surface area contributed by atoms with Gasteiger partial charge < -0.3 is 9.47 Å². The molecule has 1 heterocycles. The molecule has 0 bridgehead atoms. The van der Waals surface area contributed by atoms with Gasteiger partial charge in [0.15, 0.2) is 0 Å². The molecule has 0 fully saturated rings. The van der Waals surface area contributed by atoms with Crippen LogP contribution in [0.4, 0.5) is 17.1 Å². The van der Waals surface area contributed by atoms with Crippen LogP contribution < -0.4 is 4.90 Å². The second-order valence-corrected chi connectivity index (χ2v) is 13.6. The monoisotopic (exact) mass is 604 g/mol. The van der Waals surface area contributed by atoms with E-state index in [1.165, 1.54) is 83.0 Å². The number of rotatable bonds is 4. The van der Waals surface area contributed by atoms with Gasteiger partial charge in [-0.05, 0) is 107 Å². The summed E-state index contributed by atoms with van der Waals surface area (Å²) in [6.07, 6.45) is 0. The van der Waals surface area contributed by atoms with Gasteiger partial charge in [-0.2, -0.15) is 0 Å². The molecular weight excluding hydrogens is 569 g/mol. The minimum absolute atomic E-state index is 0.205. The van der Waals surface area contributed by atoms with Gasteiger partial charge in [-0.3, -0.25) is 0 Å². The summed E-state index contributed by atoms with van der Waals surface area (Å²) in [6, 6.07) is 53.8. The molecule has 0 saturated heterocycles. The first-order chi connectivity index (χ1) is 22.9. The third-order valence-electron chi connectivity index (χ3n) is 10.2. The number of fused-ring (bicyclic) bond motifs is 8. The van der Waals surface area contributed by atoms with E-state index in [-0.39, 0.29) is 5.41 Å². The van der Waals surface area contributed by atoms with E-state index in [0.29, 0.717) is 0 Å². The van der Waals surface area contributed by atoms with Crippen LogP contribution in [0, 0.1) is 13.8 Å². The van der Waals surface area contributed by atoms with E-state index in [1.54, 1.807) is 0 Å². The number of hydrogen-bond donors (Lipinski definition) is 0. The van der Waals surface area contributed by atoms with Gasteiger partial charge in [0.05, 0.1) is 16.7 Å². The highest BCUT2D eigenvalue weighted by Gasteiger charge is 2.38. The van der Waals surface area contributed by atoms with Gasteiger partial charge in [0.2, 0.25) is 0 Å². The standard InChI is InChI=1S/C45H36N2/c1-29-24-30(2)26-33(25-29)46(31-14-6-5-7-15-31)32-22-23-38-39(27-32)45(3,4)40-28-43(36-18-8-9-19-37(36)44(38)40)47-41-20-12-10-16-34(41)35-17-11-13-21-42(35)47/h5-28H,1-4H3. The van der Waals surface area contributed by atoms with E-state index in [0.717, 1.165) is 5.69 Å². The molecule has 0 saturated carbocycles. The van der Waals surface area contributed by atoms with Crippen molar-refractivity contribution in [2.24, 2.45) is 0 Å². The first kappa shape index (κ1) is 27.7. The molecule has 1 aromatic heterocycles. The molecule has 2 nitrogen and oxygen atoms in total. The number of nitrogens with zero attached hydrogens (tertiary/aromatic N) is 2. The first-order valence-electron chi connectivity index (χ1n) is 16.5. The van der Waals surface area contributed by atoms with Gasteiger partial charge in [0.1, 0.15) is 0 Å². The van der Waals surface area contributed by atoms with Crippen molar-refractivity contribution in [2.45, 2.75) is 33.1 Å². The van der Waals surface area contributed by atoms with Gasteiger partial charge in [-0.1, -0.05) is 105 Å². The highest BCUT2D eigenvalue weighted by atomic mass is 15.1. The normalized spacial score (nSPS) is 13.3. The zero-order valence-electron chi connectivity index (χ0n) is 27.3. The number of benzene rings is 7. The fraction of sp³-hybridized carbons (Fsp3) is 0.111. The molecule has 0 amide bonds. The molecule has 0 N–H and O–H groups in total. The van der Waals surface area contributed by atoms with Crippen molar-refractivity contribution in [1.29, 1.82) is 0 Å². The van der Waals surface area contributed by atoms with Crippen molar-refractivity contribution in [3.05, 3.63) is 168 Å². The van der Waals surface area contributed by atoms with Crippen molar-refractivity contribution in [2.75, 3.05) is 4.90 Å². The number of hydrogen-bond acceptors (Lipinski definition) is 1. The van der Waals surface area contributed by atoms with Gasteiger partial charge in [-0.15, -0.1) is 0 Å². The molecule has 2 heteroatoms. The van der Waals surface area contributed by atoms with E-state index in [1.807, 2.05) is 0 Å². The van der Waals surface area contributed by atoms with Crippen LogP contribution >= 0.6 is 0 Å². The number of aryl methyl sites for hydroxylation is 2. The number of para-hydroxylation sites is 3. The second-order valence-electron chi connectivity index (χ2n) is 13.6. The van der Waals surface area contributed by atoms with Crippen LogP contribution in [0.1, 0.15) is 36.1 Å². The summed E-state index contributed by atoms with van der Waals surface area (Å²) in [4.78, 5) is 2.40. The van der Waals surface area contributed by atoms with E-state index >= 15 is 0 Å². The molecular formula is C45H36N2. The summed E-state index contributed by atoms with van der Waals surface area (Å²) in [5.74, 6) is 0. The smallest absolute Gasteiger partial charge is 0.0544 e. The molecule has 0 aliphatic heterocycles. The number of aromatic nitrogens is 1. The second kappa shape index (κ2) is 10.2. The van der Waals surface area contributed by atoms with Crippen LogP contribution in [0.2, 0.25) is 0 Å². The Labute approximate surface area is 276 Å². The summed E-state index contributed by atoms with van der Waals surface area (Å²) in [5.41, 5.74) is 15.0. The van der Waals surface area contributed by atoms with Crippen molar-refractivity contribution in [3.8, 4) is 16.8 Å². The van der Waals surface area contributed by atoms with Gasteiger partial charge in [0, 0.05) is 38.6 Å². The highest BCUT2D eigenvalue weighted by molar-refractivity contribution is 6.12. The summed E-state index contributed by atoms with van der Waals surface area (Å²) in [7, 11) is 0. The van der Waals surface area contributed by atoms with Crippen LogP contribution in [0.5, 0.6) is 0 Å². The Morgan fingerprint density at radius 2 is 1.04 bits per heavy atom. The van der Waals surface area contributed by atoms with Gasteiger partial charge in [0.25, 0.3) is 0 Å². The fourth-order valence-corrected chi connectivity index (χ4v) is 8.16. The fourth-order valence-electron chi connectivity index (χ4n) is 8.16. The Morgan fingerprint density at radius 3 is 1.70 bits per heavy atom. The Balaban J connectivity index is 1.29. The van der Waals surface area contributed by atoms with Crippen molar-refractivity contribution in [3.63, 3.8) is 0 Å². The maximum absolute atomic E-state index is 2.48. The van der Waals surface area contributed by atoms with Crippen LogP contribution in [-0.2, 0) is 5.41 Å². The van der Waals surface area contributed by atoms with E-state index in [2.05, 4.69) is 183 Å². The van der Waals surface area contributed by atoms with Crippen LogP contribution in [0.25, 0.3) is 49.4 Å². The van der Waals surface area contributed by atoms with Crippen molar-refractivity contribution >= 4 is 49.6 Å². The lowest BCUT2D eigenvalue weighted by molar-refractivity contribution is 0.660. The largest absolute Gasteiger partial charge is 0.310 e. The molecule has 0 atom stereocenters. The van der Waals surface area contributed by atoms with E-state index < -0.39 is 0 Å². The minimum Gasteiger partial charge on any atom is -0.310 e. The minimum atomic E-state index is -0.205. The Kier molecular flexibility index (Phi) is 6.01. The Bertz CT molecular complexity index is 2440. The summed E-state index contributed by atoms with van der Waals surface area (Å²) < 4.78 is 2.48. The average molecular weight is 605 g/mol. The van der Waals surface area contributed by atoms with Crippen LogP contribution in [0.3, 0.4) is 0 Å². The third kappa shape index (κ3) is 4.11. The maximum Gasteiger partial charge on any atom is 0.0544 e. The molecule has 1 aliphatic carbocycles. The summed E-state index contributed by atoms with van der Waals surface area (Å²) in [6.45, 7) is 9.16. The zero-order valence-corrected chi connectivity index (χ0v) is 27.3. The SMILES string of the molecule is Cc1cc(C)cc(N(c2ccccc2)c2ccc3c(c2)C(C)(C)c2cc(-n4c5ccccc5c5ccccc54)c4ccccc4c2-3)c1. The molecule has 9 rings (SSSR count). The molecule has 7 aromatic carbocycles. The third-order valence-corrected chi connectivity index (χ3v) is 10.2. The van der Waals surface area contributed by atoms with E-state index in [4.69, 9.17) is 0 Å². The molecule has 47 heavy (non-hydrogen) atoms. The Morgan fingerprint density at radius 1 is 0.468 bits per heavy atom. The Hall–Kier alpha value is -5.60. The van der Waals surface area contributed by atoms with Crippen LogP contribution in [0.15, 0.2) is 146 Å². The van der Waals surface area contributed by atoms with E-state index in [9.17, 15) is 0 Å². The molecule has 1 aliphatic rings. The zero-order chi connectivity index (χ0) is 31.9. The molecule has 0 unspecified atom stereocenters. The average Bonchev–Trinajstić information content (AvgIpc) is 3.53. The van der Waals surface area contributed by atoms with Crippen molar-refractivity contribution in [1.82, 2.24) is 4.57 Å². The van der Waals surface area contributed by atoms with Gasteiger partial charge >= 0.3 is 0 Å². The van der Waals surface area contributed by atoms with Gasteiger partial charge in [-0.25, -0.2) is 0 Å². The molecule has 226 valence electrons. The lowest BCUT2D eigenvalue weighted by Gasteiger charge is -2.28. The summed E-state index contributed by atoms with van der Waals surface area (Å²) >= 11 is 0. The molecule has 0 radical (unpaired) electrons. The highest BCUT2D eigenvalue weighted by Crippen LogP contribution is 2.54. The first-order valence-corrected chi connectivity index (χ1v) is 16.5. The summed E-state index contributed by atoms with van der Waals surface area (Å²) in [5, 5.41) is 5.14. The molecule has 8 aromatic rings. The lowest BCUT2D eigenvalue weighted by atomic mass is 9.81. The van der Waals surface area contributed by atoms with Crippen LogP contribution in [-0.4, -0.2) is 4.57 Å². The number of anilines is 3. The predicted octanol–water partition coefficient (Wildman–Crippen LogP) is 12.3. The topological polar surface area (TPSA) is 8.17 Å². The predicted molar refractivity (Wildman–Crippen MR) is 200 cm³/mol. The maximum atomic E-state index is 2.48.